The van der Waals surface area contributed by atoms with Gasteiger partial charge in [-0.15, -0.1) is 0 Å². The summed E-state index contributed by atoms with van der Waals surface area (Å²) in [5, 5.41) is 1.75. The fourth-order valence-electron chi connectivity index (χ4n) is 1.80. The molecule has 1 amide bonds. The van der Waals surface area contributed by atoms with Crippen LogP contribution in [0.25, 0.3) is 6.08 Å². The predicted octanol–water partition coefficient (Wildman–Crippen LogP) is 3.53. The van der Waals surface area contributed by atoms with E-state index in [0.29, 0.717) is 5.56 Å². The van der Waals surface area contributed by atoms with Gasteiger partial charge >= 0.3 is 18.1 Å². The maximum absolute atomic E-state index is 12.3. The number of anilines is 1. The van der Waals surface area contributed by atoms with Gasteiger partial charge in [0.1, 0.15) is 0 Å². The van der Waals surface area contributed by atoms with Crippen LogP contribution in [0.5, 0.6) is 0 Å². The van der Waals surface area contributed by atoms with Crippen molar-refractivity contribution in [1.29, 1.82) is 0 Å². The minimum Gasteiger partial charge on any atom is -0.406 e. The number of halogens is 3. The molecular formula is C16H15F3N2O3. The highest BCUT2D eigenvalue weighted by Crippen LogP contribution is 2.26. The van der Waals surface area contributed by atoms with Gasteiger partial charge in [-0.25, -0.2) is 9.79 Å². The molecule has 1 aliphatic rings. The minimum atomic E-state index is -4.98. The Hall–Kier alpha value is -2.64. The van der Waals surface area contributed by atoms with E-state index in [-0.39, 0.29) is 17.3 Å². The third-order valence-corrected chi connectivity index (χ3v) is 2.97. The van der Waals surface area contributed by atoms with E-state index in [1.54, 1.807) is 11.4 Å². The number of aliphatic imine (C=N–C) groups is 1. The van der Waals surface area contributed by atoms with Crippen molar-refractivity contribution in [3.05, 3.63) is 35.5 Å². The molecule has 0 saturated heterocycles. The molecule has 0 radical (unpaired) electrons. The third-order valence-electron chi connectivity index (χ3n) is 2.97. The number of hydrogen-bond acceptors (Lipinski definition) is 4. The van der Waals surface area contributed by atoms with E-state index >= 15 is 0 Å². The number of cyclic esters (lactones) is 1. The zero-order chi connectivity index (χ0) is 18.1. The van der Waals surface area contributed by atoms with Crippen molar-refractivity contribution in [2.75, 3.05) is 5.32 Å². The van der Waals surface area contributed by atoms with Gasteiger partial charge < -0.3 is 10.1 Å². The molecule has 1 heterocycles. The van der Waals surface area contributed by atoms with Crippen LogP contribution in [0.1, 0.15) is 26.3 Å². The lowest BCUT2D eigenvalue weighted by Gasteiger charge is -2.15. The summed E-state index contributed by atoms with van der Waals surface area (Å²) in [7, 11) is 0. The van der Waals surface area contributed by atoms with Gasteiger partial charge in [0.15, 0.2) is 5.70 Å². The summed E-state index contributed by atoms with van der Waals surface area (Å²) < 4.78 is 41.9. The van der Waals surface area contributed by atoms with E-state index in [1.807, 2.05) is 20.8 Å². The Balaban J connectivity index is 2.25. The van der Waals surface area contributed by atoms with E-state index in [1.165, 1.54) is 24.3 Å². The van der Waals surface area contributed by atoms with Crippen molar-refractivity contribution in [3.63, 3.8) is 0 Å². The number of nitrogens with zero attached hydrogens (tertiary/aromatic N) is 1. The minimum absolute atomic E-state index is 0.0409. The monoisotopic (exact) mass is 340 g/mol. The van der Waals surface area contributed by atoms with Crippen molar-refractivity contribution in [1.82, 2.24) is 0 Å². The van der Waals surface area contributed by atoms with Crippen LogP contribution < -0.4 is 5.32 Å². The van der Waals surface area contributed by atoms with Crippen LogP contribution >= 0.6 is 0 Å². The Bertz CT molecular complexity index is 744. The van der Waals surface area contributed by atoms with Crippen molar-refractivity contribution < 1.29 is 27.5 Å². The lowest BCUT2D eigenvalue weighted by Crippen LogP contribution is -2.29. The molecule has 1 aromatic rings. The van der Waals surface area contributed by atoms with Crippen molar-refractivity contribution in [2.45, 2.75) is 26.9 Å². The highest BCUT2D eigenvalue weighted by atomic mass is 19.4. The van der Waals surface area contributed by atoms with Crippen LogP contribution in [0.3, 0.4) is 0 Å². The predicted molar refractivity (Wildman–Crippen MR) is 82.1 cm³/mol. The number of carbonyl (C=O) groups is 2. The van der Waals surface area contributed by atoms with E-state index in [2.05, 4.69) is 4.99 Å². The van der Waals surface area contributed by atoms with Crippen LogP contribution in [0.4, 0.5) is 18.9 Å². The number of ether oxygens (including phenoxy) is 1. The molecule has 5 nitrogen and oxygen atoms in total. The molecule has 1 aliphatic heterocycles. The second-order valence-corrected chi connectivity index (χ2v) is 6.16. The highest BCUT2D eigenvalue weighted by Gasteiger charge is 2.38. The number of alkyl halides is 3. The third kappa shape index (κ3) is 4.21. The first-order valence-corrected chi connectivity index (χ1v) is 6.98. The molecule has 24 heavy (non-hydrogen) atoms. The fourth-order valence-corrected chi connectivity index (χ4v) is 1.80. The lowest BCUT2D eigenvalue weighted by atomic mass is 9.97. The summed E-state index contributed by atoms with van der Waals surface area (Å²) >= 11 is 0. The number of benzene rings is 1. The number of hydrogen-bond donors (Lipinski definition) is 1. The highest BCUT2D eigenvalue weighted by molar-refractivity contribution is 6.08. The molecule has 1 aromatic carbocycles. The Morgan fingerprint density at radius 2 is 1.92 bits per heavy atom. The van der Waals surface area contributed by atoms with Gasteiger partial charge in [-0.05, 0) is 23.8 Å². The van der Waals surface area contributed by atoms with Crippen LogP contribution in [0.2, 0.25) is 0 Å². The molecule has 8 heteroatoms. The number of nitrogens with one attached hydrogen (secondary N) is 1. The molecule has 128 valence electrons. The van der Waals surface area contributed by atoms with Crippen molar-refractivity contribution in [2.24, 2.45) is 10.4 Å². The average Bonchev–Trinajstić information content (AvgIpc) is 2.79. The molecular weight excluding hydrogens is 325 g/mol. The SMILES string of the molecule is CC(C)(C)C1=N/C(=C\c2cccc(NC(=O)C(F)(F)F)c2)C(=O)O1. The smallest absolute Gasteiger partial charge is 0.406 e. The van der Waals surface area contributed by atoms with E-state index < -0.39 is 23.5 Å². The fraction of sp³-hybridized carbons (Fsp3) is 0.312. The van der Waals surface area contributed by atoms with Gasteiger partial charge in [-0.1, -0.05) is 32.9 Å². The summed E-state index contributed by atoms with van der Waals surface area (Å²) in [6.07, 6.45) is -3.60. The standard InChI is InChI=1S/C16H15F3N2O3/c1-15(2,3)14-21-11(12(22)24-14)8-9-5-4-6-10(7-9)20-13(23)16(17,18)19/h4-8H,1-3H3,(H,20,23)/b11-8-. The molecule has 0 fully saturated rings. The molecule has 1 N–H and O–H groups in total. The summed E-state index contributed by atoms with van der Waals surface area (Å²) in [6, 6.07) is 5.62. The van der Waals surface area contributed by atoms with Gasteiger partial charge in [0.2, 0.25) is 5.90 Å². The number of rotatable bonds is 2. The van der Waals surface area contributed by atoms with E-state index in [4.69, 9.17) is 4.74 Å². The zero-order valence-electron chi connectivity index (χ0n) is 13.2. The van der Waals surface area contributed by atoms with Crippen LogP contribution in [-0.4, -0.2) is 24.0 Å². The first-order chi connectivity index (χ1) is 11.0. The van der Waals surface area contributed by atoms with Crippen LogP contribution in [0, 0.1) is 5.41 Å². The molecule has 0 unspecified atom stereocenters. The normalized spacial score (nSPS) is 16.8. The molecule has 0 saturated carbocycles. The number of amides is 1. The molecule has 0 aromatic heterocycles. The number of esters is 1. The first kappa shape index (κ1) is 17.7. The Morgan fingerprint density at radius 1 is 1.25 bits per heavy atom. The largest absolute Gasteiger partial charge is 0.471 e. The van der Waals surface area contributed by atoms with Crippen LogP contribution in [0.15, 0.2) is 35.0 Å². The van der Waals surface area contributed by atoms with Gasteiger partial charge in [-0.3, -0.25) is 4.79 Å². The molecule has 0 spiro atoms. The van der Waals surface area contributed by atoms with Crippen LogP contribution in [-0.2, 0) is 14.3 Å². The van der Waals surface area contributed by atoms with E-state index in [0.717, 1.165) is 0 Å². The number of carbonyl (C=O) groups excluding carboxylic acids is 2. The van der Waals surface area contributed by atoms with Gasteiger partial charge in [0, 0.05) is 11.1 Å². The maximum Gasteiger partial charge on any atom is 0.471 e. The molecule has 0 bridgehead atoms. The van der Waals surface area contributed by atoms with Crippen molar-refractivity contribution >= 4 is 29.5 Å². The quantitative estimate of drug-likeness (QED) is 0.661. The maximum atomic E-state index is 12.3. The Labute approximate surface area is 136 Å². The topological polar surface area (TPSA) is 67.8 Å². The summed E-state index contributed by atoms with van der Waals surface area (Å²) in [6.45, 7) is 5.49. The Morgan fingerprint density at radius 3 is 2.46 bits per heavy atom. The molecule has 0 atom stereocenters. The summed E-state index contributed by atoms with van der Waals surface area (Å²) in [5.41, 5.74) is -0.0496. The zero-order valence-corrected chi connectivity index (χ0v) is 13.2. The lowest BCUT2D eigenvalue weighted by molar-refractivity contribution is -0.167. The second kappa shape index (κ2) is 6.10. The first-order valence-electron chi connectivity index (χ1n) is 6.98. The average molecular weight is 340 g/mol. The van der Waals surface area contributed by atoms with Gasteiger partial charge in [0.05, 0.1) is 0 Å². The Kier molecular flexibility index (Phi) is 4.50. The molecule has 2 rings (SSSR count). The summed E-state index contributed by atoms with van der Waals surface area (Å²) in [5.74, 6) is -2.44. The molecule has 0 aliphatic carbocycles. The van der Waals surface area contributed by atoms with Gasteiger partial charge in [-0.2, -0.15) is 13.2 Å². The van der Waals surface area contributed by atoms with Crippen molar-refractivity contribution in [3.8, 4) is 0 Å². The summed E-state index contributed by atoms with van der Waals surface area (Å²) in [4.78, 5) is 26.9. The second-order valence-electron chi connectivity index (χ2n) is 6.16. The van der Waals surface area contributed by atoms with Gasteiger partial charge in [0.25, 0.3) is 0 Å². The van der Waals surface area contributed by atoms with E-state index in [9.17, 15) is 22.8 Å².